The number of rotatable bonds is 6. The van der Waals surface area contributed by atoms with Crippen LogP contribution in [0.3, 0.4) is 0 Å². The third-order valence-electron chi connectivity index (χ3n) is 2.61. The van der Waals surface area contributed by atoms with Gasteiger partial charge in [-0.15, -0.1) is 0 Å². The number of nitrogens with one attached hydrogen (secondary N) is 1. The number of esters is 2. The Labute approximate surface area is 102 Å². The summed E-state index contributed by atoms with van der Waals surface area (Å²) >= 11 is 0. The molecule has 1 fully saturated rings. The average molecular weight is 243 g/mol. The summed E-state index contributed by atoms with van der Waals surface area (Å²) in [4.78, 5) is 23.1. The van der Waals surface area contributed by atoms with Gasteiger partial charge in [-0.2, -0.15) is 0 Å². The number of hydrogen-bond donors (Lipinski definition) is 1. The molecule has 0 saturated carbocycles. The third-order valence-corrected chi connectivity index (χ3v) is 2.61. The fraction of sp³-hybridized carbons (Fsp3) is 0.833. The quantitative estimate of drug-likeness (QED) is 0.705. The lowest BCUT2D eigenvalue weighted by Gasteiger charge is -2.13. The fourth-order valence-corrected chi connectivity index (χ4v) is 1.72. The summed E-state index contributed by atoms with van der Waals surface area (Å²) in [6, 6.07) is -0.721. The highest BCUT2D eigenvalue weighted by molar-refractivity contribution is 5.81. The van der Waals surface area contributed by atoms with Gasteiger partial charge in [-0.25, -0.2) is 0 Å². The van der Waals surface area contributed by atoms with Gasteiger partial charge in [0.05, 0.1) is 13.2 Å². The Balaban J connectivity index is 2.31. The Kier molecular flexibility index (Phi) is 5.97. The highest BCUT2D eigenvalue weighted by atomic mass is 16.5. The third kappa shape index (κ3) is 4.34. The topological polar surface area (TPSA) is 64.6 Å². The Morgan fingerprint density at radius 3 is 1.76 bits per heavy atom. The molecule has 2 atom stereocenters. The molecule has 1 aliphatic rings. The summed E-state index contributed by atoms with van der Waals surface area (Å²) in [5.41, 5.74) is 0. The maximum Gasteiger partial charge on any atom is 0.323 e. The van der Waals surface area contributed by atoms with Crippen molar-refractivity contribution in [2.45, 2.75) is 51.6 Å². The summed E-state index contributed by atoms with van der Waals surface area (Å²) in [6.45, 7) is 4.75. The Hall–Kier alpha value is -1.10. The second-order valence-corrected chi connectivity index (χ2v) is 4.18. The van der Waals surface area contributed by atoms with E-state index in [9.17, 15) is 9.59 Å². The van der Waals surface area contributed by atoms with Gasteiger partial charge in [0.15, 0.2) is 0 Å². The number of hydrogen-bond acceptors (Lipinski definition) is 5. The van der Waals surface area contributed by atoms with Crippen LogP contribution in [0.25, 0.3) is 0 Å². The van der Waals surface area contributed by atoms with Gasteiger partial charge in [-0.3, -0.25) is 14.9 Å². The van der Waals surface area contributed by atoms with Gasteiger partial charge in [-0.05, 0) is 25.7 Å². The van der Waals surface area contributed by atoms with Crippen LogP contribution in [-0.2, 0) is 19.1 Å². The first-order chi connectivity index (χ1) is 8.19. The summed E-state index contributed by atoms with van der Waals surface area (Å²) < 4.78 is 10.1. The molecular formula is C12H21NO4. The SMILES string of the molecule is CCCOC(=O)C1CCC(C(=O)OCCC)N1. The predicted octanol–water partition coefficient (Wildman–Crippen LogP) is 1.01. The maximum atomic E-state index is 11.5. The highest BCUT2D eigenvalue weighted by Gasteiger charge is 2.34. The van der Waals surface area contributed by atoms with Gasteiger partial charge >= 0.3 is 11.9 Å². The van der Waals surface area contributed by atoms with Crippen LogP contribution in [0.1, 0.15) is 39.5 Å². The minimum atomic E-state index is -0.360. The molecule has 2 unspecified atom stereocenters. The van der Waals surface area contributed by atoms with Crippen molar-refractivity contribution in [3.8, 4) is 0 Å². The minimum Gasteiger partial charge on any atom is -0.465 e. The van der Waals surface area contributed by atoms with Gasteiger partial charge in [0, 0.05) is 0 Å². The summed E-state index contributed by atoms with van der Waals surface area (Å²) in [5.74, 6) is -0.532. The highest BCUT2D eigenvalue weighted by Crippen LogP contribution is 2.15. The van der Waals surface area contributed by atoms with Gasteiger partial charge in [-0.1, -0.05) is 13.8 Å². The fourth-order valence-electron chi connectivity index (χ4n) is 1.72. The molecule has 0 aromatic carbocycles. The van der Waals surface area contributed by atoms with Crippen molar-refractivity contribution in [3.63, 3.8) is 0 Å². The predicted molar refractivity (Wildman–Crippen MR) is 62.4 cm³/mol. The molecule has 1 saturated heterocycles. The van der Waals surface area contributed by atoms with E-state index in [0.717, 1.165) is 12.8 Å². The molecule has 5 nitrogen and oxygen atoms in total. The van der Waals surface area contributed by atoms with Crippen LogP contribution in [0.5, 0.6) is 0 Å². The number of carbonyl (C=O) groups is 2. The van der Waals surface area contributed by atoms with Crippen LogP contribution in [0.15, 0.2) is 0 Å². The minimum absolute atomic E-state index is 0.266. The molecule has 0 aromatic heterocycles. The van der Waals surface area contributed by atoms with Crippen molar-refractivity contribution in [2.24, 2.45) is 0 Å². The molecule has 1 rings (SSSR count). The Morgan fingerprint density at radius 1 is 1.00 bits per heavy atom. The van der Waals surface area contributed by atoms with E-state index in [4.69, 9.17) is 9.47 Å². The van der Waals surface area contributed by atoms with Crippen molar-refractivity contribution in [1.29, 1.82) is 0 Å². The van der Waals surface area contributed by atoms with E-state index in [2.05, 4.69) is 5.32 Å². The summed E-state index contributed by atoms with van der Waals surface area (Å²) in [6.07, 6.45) is 2.88. The van der Waals surface area contributed by atoms with Crippen molar-refractivity contribution in [1.82, 2.24) is 5.32 Å². The summed E-state index contributed by atoms with van der Waals surface area (Å²) in [7, 11) is 0. The zero-order valence-corrected chi connectivity index (χ0v) is 10.5. The molecule has 1 heterocycles. The maximum absolute atomic E-state index is 11.5. The molecule has 1 N–H and O–H groups in total. The van der Waals surface area contributed by atoms with Gasteiger partial charge in [0.25, 0.3) is 0 Å². The molecular weight excluding hydrogens is 222 g/mol. The van der Waals surface area contributed by atoms with E-state index in [1.54, 1.807) is 0 Å². The Morgan fingerprint density at radius 2 is 1.41 bits per heavy atom. The molecule has 0 aromatic rings. The monoisotopic (exact) mass is 243 g/mol. The molecule has 98 valence electrons. The van der Waals surface area contributed by atoms with Crippen molar-refractivity contribution >= 4 is 11.9 Å². The van der Waals surface area contributed by atoms with Crippen LogP contribution in [0.4, 0.5) is 0 Å². The lowest BCUT2D eigenvalue weighted by Crippen LogP contribution is -2.41. The van der Waals surface area contributed by atoms with E-state index in [0.29, 0.717) is 26.1 Å². The smallest absolute Gasteiger partial charge is 0.323 e. The zero-order chi connectivity index (χ0) is 12.7. The van der Waals surface area contributed by atoms with Gasteiger partial charge in [0.1, 0.15) is 12.1 Å². The zero-order valence-electron chi connectivity index (χ0n) is 10.5. The lowest BCUT2D eigenvalue weighted by atomic mass is 10.2. The van der Waals surface area contributed by atoms with E-state index in [1.807, 2.05) is 13.8 Å². The van der Waals surface area contributed by atoms with E-state index < -0.39 is 0 Å². The molecule has 0 bridgehead atoms. The second-order valence-electron chi connectivity index (χ2n) is 4.18. The second kappa shape index (κ2) is 7.27. The van der Waals surface area contributed by atoms with Gasteiger partial charge < -0.3 is 9.47 Å². The van der Waals surface area contributed by atoms with Crippen molar-refractivity contribution in [2.75, 3.05) is 13.2 Å². The van der Waals surface area contributed by atoms with Crippen LogP contribution in [-0.4, -0.2) is 37.2 Å². The first-order valence-corrected chi connectivity index (χ1v) is 6.28. The van der Waals surface area contributed by atoms with E-state index in [-0.39, 0.29) is 24.0 Å². The molecule has 0 spiro atoms. The number of ether oxygens (including phenoxy) is 2. The first-order valence-electron chi connectivity index (χ1n) is 6.28. The summed E-state index contributed by atoms with van der Waals surface area (Å²) in [5, 5.41) is 2.96. The normalized spacial score (nSPS) is 23.4. The Bertz CT molecular complexity index is 241. The van der Waals surface area contributed by atoms with Crippen molar-refractivity contribution < 1.29 is 19.1 Å². The van der Waals surface area contributed by atoms with Crippen LogP contribution >= 0.6 is 0 Å². The van der Waals surface area contributed by atoms with Crippen LogP contribution < -0.4 is 5.32 Å². The largest absolute Gasteiger partial charge is 0.465 e. The van der Waals surface area contributed by atoms with E-state index in [1.165, 1.54) is 0 Å². The van der Waals surface area contributed by atoms with Crippen LogP contribution in [0.2, 0.25) is 0 Å². The molecule has 0 amide bonds. The van der Waals surface area contributed by atoms with Crippen molar-refractivity contribution in [3.05, 3.63) is 0 Å². The average Bonchev–Trinajstić information content (AvgIpc) is 2.82. The standard InChI is InChI=1S/C12H21NO4/c1-3-7-16-11(14)9-5-6-10(13-9)12(15)17-8-4-2/h9-10,13H,3-8H2,1-2H3. The molecule has 1 aliphatic heterocycles. The molecule has 17 heavy (non-hydrogen) atoms. The molecule has 0 radical (unpaired) electrons. The van der Waals surface area contributed by atoms with Gasteiger partial charge in [0.2, 0.25) is 0 Å². The van der Waals surface area contributed by atoms with E-state index >= 15 is 0 Å². The molecule has 0 aliphatic carbocycles. The first kappa shape index (κ1) is 14.0. The molecule has 5 heteroatoms. The lowest BCUT2D eigenvalue weighted by molar-refractivity contribution is -0.147. The number of carbonyl (C=O) groups excluding carboxylic acids is 2. The van der Waals surface area contributed by atoms with Crippen LogP contribution in [0, 0.1) is 0 Å².